The minimum atomic E-state index is -5.02. The van der Waals surface area contributed by atoms with Crippen molar-refractivity contribution < 1.29 is 26.4 Å². The lowest BCUT2D eigenvalue weighted by Gasteiger charge is -2.03. The third-order valence-corrected chi connectivity index (χ3v) is 4.01. The molecule has 0 bridgehead atoms. The van der Waals surface area contributed by atoms with E-state index in [0.717, 1.165) is 0 Å². The first kappa shape index (κ1) is 14.7. The molecule has 0 fully saturated rings. The van der Waals surface area contributed by atoms with Gasteiger partial charge in [0.15, 0.2) is 5.13 Å². The van der Waals surface area contributed by atoms with Crippen molar-refractivity contribution in [1.29, 1.82) is 0 Å². The molecule has 2 aromatic rings. The molecular weight excluding hydrogens is 319 g/mol. The van der Waals surface area contributed by atoms with E-state index in [0.29, 0.717) is 11.3 Å². The fourth-order valence-corrected chi connectivity index (χ4v) is 2.82. The quantitative estimate of drug-likeness (QED) is 0.872. The summed E-state index contributed by atoms with van der Waals surface area (Å²) in [5.74, 6) is -2.15. The second-order valence-electron chi connectivity index (χ2n) is 3.65. The van der Waals surface area contributed by atoms with Crippen molar-refractivity contribution in [1.82, 2.24) is 4.98 Å². The van der Waals surface area contributed by atoms with Gasteiger partial charge in [0, 0.05) is 0 Å². The summed E-state index contributed by atoms with van der Waals surface area (Å²) in [6.07, 6.45) is -5.02. The van der Waals surface area contributed by atoms with E-state index in [-0.39, 0.29) is 20.2 Å². The Morgan fingerprint density at radius 1 is 1.35 bits per heavy atom. The molecule has 1 heterocycles. The van der Waals surface area contributed by atoms with Gasteiger partial charge in [0.2, 0.25) is 10.0 Å². The van der Waals surface area contributed by atoms with Crippen molar-refractivity contribution >= 4 is 42.6 Å². The van der Waals surface area contributed by atoms with Crippen molar-refractivity contribution in [2.75, 3.05) is 5.32 Å². The summed E-state index contributed by atoms with van der Waals surface area (Å²) in [5.41, 5.74) is 0.250. The molecule has 0 aliphatic heterocycles. The number of amides is 1. The summed E-state index contributed by atoms with van der Waals surface area (Å²) >= 11 is 0.709. The maximum atomic E-state index is 12.1. The zero-order valence-electron chi connectivity index (χ0n) is 9.43. The summed E-state index contributed by atoms with van der Waals surface area (Å²) in [6.45, 7) is 0. The third-order valence-electron chi connectivity index (χ3n) is 2.17. The van der Waals surface area contributed by atoms with Gasteiger partial charge in [0.25, 0.3) is 0 Å². The molecule has 108 valence electrons. The molecule has 0 atom stereocenters. The molecule has 2 rings (SSSR count). The normalized spacial score (nSPS) is 12.6. The largest absolute Gasteiger partial charge is 0.471 e. The van der Waals surface area contributed by atoms with E-state index in [4.69, 9.17) is 5.14 Å². The highest BCUT2D eigenvalue weighted by atomic mass is 32.2. The number of aromatic nitrogens is 1. The Labute approximate surface area is 114 Å². The predicted octanol–water partition coefficient (Wildman–Crippen LogP) is 1.44. The summed E-state index contributed by atoms with van der Waals surface area (Å²) < 4.78 is 58.8. The number of rotatable bonds is 2. The monoisotopic (exact) mass is 325 g/mol. The Morgan fingerprint density at radius 2 is 2.00 bits per heavy atom. The van der Waals surface area contributed by atoms with Gasteiger partial charge in [-0.15, -0.1) is 0 Å². The van der Waals surface area contributed by atoms with Gasteiger partial charge in [0.1, 0.15) is 0 Å². The van der Waals surface area contributed by atoms with Crippen LogP contribution in [0.3, 0.4) is 0 Å². The lowest BCUT2D eigenvalue weighted by atomic mass is 10.3. The highest BCUT2D eigenvalue weighted by Crippen LogP contribution is 2.29. The number of hydrogen-bond donors (Lipinski definition) is 2. The van der Waals surface area contributed by atoms with E-state index in [1.807, 2.05) is 0 Å². The number of halogens is 3. The molecule has 0 radical (unpaired) electrons. The van der Waals surface area contributed by atoms with Gasteiger partial charge in [0.05, 0.1) is 15.1 Å². The van der Waals surface area contributed by atoms with Crippen molar-refractivity contribution in [2.45, 2.75) is 11.1 Å². The van der Waals surface area contributed by atoms with Crippen molar-refractivity contribution in [3.8, 4) is 0 Å². The summed E-state index contributed by atoms with van der Waals surface area (Å²) in [7, 11) is -3.92. The maximum absolute atomic E-state index is 12.1. The second kappa shape index (κ2) is 4.68. The van der Waals surface area contributed by atoms with Gasteiger partial charge < -0.3 is 0 Å². The van der Waals surface area contributed by atoms with Crippen molar-refractivity contribution in [3.05, 3.63) is 18.2 Å². The molecule has 0 aliphatic rings. The Hall–Kier alpha value is -1.72. The van der Waals surface area contributed by atoms with Crippen LogP contribution in [0.2, 0.25) is 0 Å². The average molecular weight is 325 g/mol. The number of carbonyl (C=O) groups is 1. The molecule has 0 spiro atoms. The van der Waals surface area contributed by atoms with Crippen LogP contribution in [0.4, 0.5) is 18.3 Å². The standard InChI is InChI=1S/C9H6F3N3O3S2/c10-9(11,12)7(16)15-8-14-5-2-1-4(20(13,17)18)3-6(5)19-8/h1-3H,(H2,13,17,18)(H,14,15,16). The summed E-state index contributed by atoms with van der Waals surface area (Å²) in [6, 6.07) is 3.63. The highest BCUT2D eigenvalue weighted by molar-refractivity contribution is 7.89. The lowest BCUT2D eigenvalue weighted by Crippen LogP contribution is -2.29. The van der Waals surface area contributed by atoms with Crippen LogP contribution in [0, 0.1) is 0 Å². The van der Waals surface area contributed by atoms with Crippen LogP contribution in [-0.2, 0) is 14.8 Å². The fraction of sp³-hybridized carbons (Fsp3) is 0.111. The number of alkyl halides is 3. The number of nitrogens with one attached hydrogen (secondary N) is 1. The smallest absolute Gasteiger partial charge is 0.294 e. The SMILES string of the molecule is NS(=O)(=O)c1ccc2nc(NC(=O)C(F)(F)F)sc2c1. The van der Waals surface area contributed by atoms with Crippen LogP contribution in [0.1, 0.15) is 0 Å². The molecule has 0 aliphatic carbocycles. The number of fused-ring (bicyclic) bond motifs is 1. The molecular formula is C9H6F3N3O3S2. The first-order valence-electron chi connectivity index (χ1n) is 4.89. The zero-order valence-corrected chi connectivity index (χ0v) is 11.1. The third kappa shape index (κ3) is 3.05. The van der Waals surface area contributed by atoms with Crippen LogP contribution in [-0.4, -0.2) is 25.5 Å². The van der Waals surface area contributed by atoms with Crippen molar-refractivity contribution in [2.24, 2.45) is 5.14 Å². The van der Waals surface area contributed by atoms with Gasteiger partial charge in [-0.25, -0.2) is 18.5 Å². The van der Waals surface area contributed by atoms with Gasteiger partial charge in [-0.1, -0.05) is 11.3 Å². The molecule has 20 heavy (non-hydrogen) atoms. The summed E-state index contributed by atoms with van der Waals surface area (Å²) in [5, 5.41) is 6.24. The number of hydrogen-bond acceptors (Lipinski definition) is 5. The number of anilines is 1. The Bertz CT molecular complexity index is 783. The van der Waals surface area contributed by atoms with Crippen molar-refractivity contribution in [3.63, 3.8) is 0 Å². The van der Waals surface area contributed by atoms with Gasteiger partial charge in [-0.05, 0) is 18.2 Å². The van der Waals surface area contributed by atoms with Gasteiger partial charge >= 0.3 is 12.1 Å². The lowest BCUT2D eigenvalue weighted by molar-refractivity contribution is -0.167. The Balaban J connectivity index is 2.38. The van der Waals surface area contributed by atoms with E-state index >= 15 is 0 Å². The van der Waals surface area contributed by atoms with Crippen LogP contribution in [0.15, 0.2) is 23.1 Å². The predicted molar refractivity (Wildman–Crippen MR) is 65.7 cm³/mol. The molecule has 3 N–H and O–H groups in total. The van der Waals surface area contributed by atoms with Crippen LogP contribution < -0.4 is 10.5 Å². The molecule has 0 unspecified atom stereocenters. The Kier molecular flexibility index (Phi) is 3.44. The molecule has 1 aromatic heterocycles. The highest BCUT2D eigenvalue weighted by Gasteiger charge is 2.39. The first-order chi connectivity index (χ1) is 9.07. The summed E-state index contributed by atoms with van der Waals surface area (Å²) in [4.78, 5) is 14.3. The first-order valence-corrected chi connectivity index (χ1v) is 7.25. The van der Waals surface area contributed by atoms with E-state index in [1.165, 1.54) is 18.2 Å². The van der Waals surface area contributed by atoms with Gasteiger partial charge in [-0.2, -0.15) is 13.2 Å². The number of benzene rings is 1. The fourth-order valence-electron chi connectivity index (χ4n) is 1.30. The number of thiazole rings is 1. The molecule has 6 nitrogen and oxygen atoms in total. The molecule has 0 saturated heterocycles. The van der Waals surface area contributed by atoms with E-state index in [2.05, 4.69) is 4.98 Å². The van der Waals surface area contributed by atoms with Gasteiger partial charge in [-0.3, -0.25) is 10.1 Å². The number of primary sulfonamides is 1. The van der Waals surface area contributed by atoms with Crippen LogP contribution in [0.25, 0.3) is 10.2 Å². The Morgan fingerprint density at radius 3 is 2.55 bits per heavy atom. The zero-order chi connectivity index (χ0) is 15.1. The minimum absolute atomic E-state index is 0.192. The number of carbonyl (C=O) groups excluding carboxylic acids is 1. The maximum Gasteiger partial charge on any atom is 0.471 e. The van der Waals surface area contributed by atoms with E-state index in [1.54, 1.807) is 5.32 Å². The molecule has 0 saturated carbocycles. The molecule has 1 amide bonds. The average Bonchev–Trinajstić information content (AvgIpc) is 2.67. The number of nitrogens with zero attached hydrogens (tertiary/aromatic N) is 1. The number of sulfonamides is 1. The minimum Gasteiger partial charge on any atom is -0.294 e. The van der Waals surface area contributed by atoms with E-state index in [9.17, 15) is 26.4 Å². The second-order valence-corrected chi connectivity index (χ2v) is 6.24. The van der Waals surface area contributed by atoms with E-state index < -0.39 is 22.1 Å². The molecule has 11 heteroatoms. The molecule has 1 aromatic carbocycles. The topological polar surface area (TPSA) is 102 Å². The number of nitrogens with two attached hydrogens (primary N) is 1. The van der Waals surface area contributed by atoms with Crippen LogP contribution >= 0.6 is 11.3 Å². The van der Waals surface area contributed by atoms with Crippen LogP contribution in [0.5, 0.6) is 0 Å².